The molecular weight excluding hydrogens is 418 g/mol. The number of hydrogen-bond donors (Lipinski definition) is 1. The second kappa shape index (κ2) is 7.90. The number of amides is 3. The van der Waals surface area contributed by atoms with E-state index in [-0.39, 0.29) is 21.9 Å². The number of anilines is 1. The lowest BCUT2D eigenvalue weighted by molar-refractivity contribution is 0.0692. The van der Waals surface area contributed by atoms with Crippen LogP contribution in [0.5, 0.6) is 0 Å². The molecule has 2 aliphatic heterocycles. The molecule has 4 rings (SSSR count). The molecule has 0 saturated carbocycles. The van der Waals surface area contributed by atoms with Gasteiger partial charge in [0.15, 0.2) is 0 Å². The maximum Gasteiger partial charge on any atom is 0.261 e. The van der Waals surface area contributed by atoms with Gasteiger partial charge in [-0.3, -0.25) is 19.3 Å². The lowest BCUT2D eigenvalue weighted by Gasteiger charge is -2.30. The molecule has 1 N–H and O–H groups in total. The molecule has 8 nitrogen and oxygen atoms in total. The van der Waals surface area contributed by atoms with E-state index in [9.17, 15) is 22.8 Å². The molecule has 2 heterocycles. The Morgan fingerprint density at radius 3 is 2.39 bits per heavy atom. The number of carbonyl (C=O) groups excluding carboxylic acids is 3. The summed E-state index contributed by atoms with van der Waals surface area (Å²) in [6, 6.07) is 10.3. The molecular formula is C22H23N3O5S. The highest BCUT2D eigenvalue weighted by molar-refractivity contribution is 7.89. The number of piperidine rings is 1. The summed E-state index contributed by atoms with van der Waals surface area (Å²) in [6.07, 6.45) is 1.86. The highest BCUT2D eigenvalue weighted by atomic mass is 32.2. The van der Waals surface area contributed by atoms with Crippen LogP contribution in [0.25, 0.3) is 0 Å². The van der Waals surface area contributed by atoms with E-state index in [2.05, 4.69) is 5.32 Å². The Morgan fingerprint density at radius 1 is 1.03 bits per heavy atom. The fourth-order valence-electron chi connectivity index (χ4n) is 3.93. The van der Waals surface area contributed by atoms with Crippen molar-refractivity contribution in [3.8, 4) is 0 Å². The van der Waals surface area contributed by atoms with Crippen molar-refractivity contribution < 1.29 is 22.8 Å². The van der Waals surface area contributed by atoms with E-state index in [1.807, 2.05) is 6.92 Å². The first kappa shape index (κ1) is 21.2. The Labute approximate surface area is 180 Å². The second-order valence-electron chi connectivity index (χ2n) is 8.02. The van der Waals surface area contributed by atoms with Gasteiger partial charge in [-0.25, -0.2) is 8.42 Å². The molecule has 1 atom stereocenters. The fraction of sp³-hybridized carbons (Fsp3) is 0.318. The summed E-state index contributed by atoms with van der Waals surface area (Å²) in [5.74, 6) is -0.918. The van der Waals surface area contributed by atoms with Crippen LogP contribution >= 0.6 is 0 Å². The minimum absolute atomic E-state index is 0.155. The number of imide groups is 1. The SMILES string of the molecule is CC1CCCN(S(=O)(=O)c2ccc(C(=O)Nc3ccc4c(c3)C(=O)N(C)C4=O)cc2)C1. The number of carbonyl (C=O) groups is 3. The average Bonchev–Trinajstić information content (AvgIpc) is 2.97. The summed E-state index contributed by atoms with van der Waals surface area (Å²) in [7, 11) is -2.19. The summed E-state index contributed by atoms with van der Waals surface area (Å²) >= 11 is 0. The third-order valence-electron chi connectivity index (χ3n) is 5.72. The van der Waals surface area contributed by atoms with Gasteiger partial charge in [-0.2, -0.15) is 4.31 Å². The Bertz CT molecular complexity index is 1170. The number of hydrogen-bond acceptors (Lipinski definition) is 5. The van der Waals surface area contributed by atoms with Crippen molar-refractivity contribution in [3.63, 3.8) is 0 Å². The Morgan fingerprint density at radius 2 is 1.71 bits per heavy atom. The number of nitrogens with zero attached hydrogens (tertiary/aromatic N) is 2. The molecule has 9 heteroatoms. The molecule has 2 aliphatic rings. The van der Waals surface area contributed by atoms with Crippen molar-refractivity contribution in [1.82, 2.24) is 9.21 Å². The minimum atomic E-state index is -3.59. The largest absolute Gasteiger partial charge is 0.322 e. The van der Waals surface area contributed by atoms with E-state index in [1.54, 1.807) is 6.07 Å². The lowest BCUT2D eigenvalue weighted by atomic mass is 10.0. The predicted molar refractivity (Wildman–Crippen MR) is 114 cm³/mol. The molecule has 0 aromatic heterocycles. The van der Waals surface area contributed by atoms with Crippen LogP contribution in [-0.4, -0.2) is 55.5 Å². The Hall–Kier alpha value is -3.04. The molecule has 1 fully saturated rings. The maximum absolute atomic E-state index is 12.9. The molecule has 3 amide bonds. The van der Waals surface area contributed by atoms with Crippen LogP contribution in [0.1, 0.15) is 50.8 Å². The van der Waals surface area contributed by atoms with Gasteiger partial charge in [0, 0.05) is 31.4 Å². The molecule has 0 spiro atoms. The van der Waals surface area contributed by atoms with Gasteiger partial charge >= 0.3 is 0 Å². The lowest BCUT2D eigenvalue weighted by Crippen LogP contribution is -2.39. The van der Waals surface area contributed by atoms with Gasteiger partial charge in [0.25, 0.3) is 17.7 Å². The van der Waals surface area contributed by atoms with Gasteiger partial charge < -0.3 is 5.32 Å². The smallest absolute Gasteiger partial charge is 0.261 e. The molecule has 0 bridgehead atoms. The predicted octanol–water partition coefficient (Wildman–Crippen LogP) is 2.59. The van der Waals surface area contributed by atoms with Crippen LogP contribution in [0.4, 0.5) is 5.69 Å². The van der Waals surface area contributed by atoms with Crippen LogP contribution in [0.15, 0.2) is 47.4 Å². The van der Waals surface area contributed by atoms with Crippen molar-refractivity contribution in [2.75, 3.05) is 25.5 Å². The fourth-order valence-corrected chi connectivity index (χ4v) is 5.53. The third kappa shape index (κ3) is 3.86. The van der Waals surface area contributed by atoms with Crippen molar-refractivity contribution in [2.45, 2.75) is 24.7 Å². The summed E-state index contributed by atoms with van der Waals surface area (Å²) in [6.45, 7) is 3.04. The number of rotatable bonds is 4. The summed E-state index contributed by atoms with van der Waals surface area (Å²) in [5, 5.41) is 2.68. The van der Waals surface area contributed by atoms with Crippen molar-refractivity contribution in [2.24, 2.45) is 5.92 Å². The quantitative estimate of drug-likeness (QED) is 0.735. The second-order valence-corrected chi connectivity index (χ2v) is 9.96. The van der Waals surface area contributed by atoms with Gasteiger partial charge in [-0.15, -0.1) is 0 Å². The van der Waals surface area contributed by atoms with Gasteiger partial charge in [-0.05, 0) is 61.2 Å². The van der Waals surface area contributed by atoms with E-state index >= 15 is 0 Å². The van der Waals surface area contributed by atoms with Crippen molar-refractivity contribution in [3.05, 3.63) is 59.2 Å². The molecule has 1 unspecified atom stereocenters. The van der Waals surface area contributed by atoms with Gasteiger partial charge in [0.1, 0.15) is 0 Å². The zero-order valence-electron chi connectivity index (χ0n) is 17.3. The Balaban J connectivity index is 1.50. The molecule has 0 aliphatic carbocycles. The summed E-state index contributed by atoms with van der Waals surface area (Å²) < 4.78 is 27.2. The molecule has 0 radical (unpaired) electrons. The molecule has 1 saturated heterocycles. The van der Waals surface area contributed by atoms with Crippen LogP contribution in [0.2, 0.25) is 0 Å². The Kier molecular flexibility index (Phi) is 5.40. The number of benzene rings is 2. The molecule has 2 aromatic rings. The van der Waals surface area contributed by atoms with Gasteiger partial charge in [0.05, 0.1) is 16.0 Å². The highest BCUT2D eigenvalue weighted by Crippen LogP contribution is 2.26. The average molecular weight is 442 g/mol. The first-order valence-electron chi connectivity index (χ1n) is 10.1. The topological polar surface area (TPSA) is 104 Å². The van der Waals surface area contributed by atoms with Crippen LogP contribution in [-0.2, 0) is 10.0 Å². The van der Waals surface area contributed by atoms with E-state index in [1.165, 1.54) is 47.8 Å². The number of sulfonamides is 1. The first-order valence-corrected chi connectivity index (χ1v) is 11.5. The maximum atomic E-state index is 12.9. The summed E-state index contributed by atoms with van der Waals surface area (Å²) in [4.78, 5) is 37.9. The van der Waals surface area contributed by atoms with E-state index in [0.29, 0.717) is 30.3 Å². The summed E-state index contributed by atoms with van der Waals surface area (Å²) in [5.41, 5.74) is 1.19. The van der Waals surface area contributed by atoms with Gasteiger partial charge in [-0.1, -0.05) is 6.92 Å². The third-order valence-corrected chi connectivity index (χ3v) is 7.60. The normalized spacial score (nSPS) is 19.4. The minimum Gasteiger partial charge on any atom is -0.322 e. The molecule has 2 aromatic carbocycles. The zero-order chi connectivity index (χ0) is 22.3. The van der Waals surface area contributed by atoms with Crippen LogP contribution in [0, 0.1) is 5.92 Å². The zero-order valence-corrected chi connectivity index (χ0v) is 18.1. The standard InChI is InChI=1S/C22H23N3O5S/c1-14-4-3-11-25(13-14)31(29,30)17-8-5-15(6-9-17)20(26)23-16-7-10-18-19(12-16)22(28)24(2)21(18)27/h5-10,12,14H,3-4,11,13H2,1-2H3,(H,23,26). The first-order chi connectivity index (χ1) is 14.7. The number of fused-ring (bicyclic) bond motifs is 1. The van der Waals surface area contributed by atoms with E-state index < -0.39 is 21.8 Å². The highest BCUT2D eigenvalue weighted by Gasteiger charge is 2.33. The van der Waals surface area contributed by atoms with Crippen molar-refractivity contribution >= 4 is 33.4 Å². The van der Waals surface area contributed by atoms with Crippen molar-refractivity contribution in [1.29, 1.82) is 0 Å². The molecule has 162 valence electrons. The number of nitrogens with one attached hydrogen (secondary N) is 1. The van der Waals surface area contributed by atoms with Crippen LogP contribution < -0.4 is 5.32 Å². The van der Waals surface area contributed by atoms with E-state index in [4.69, 9.17) is 0 Å². The molecule has 31 heavy (non-hydrogen) atoms. The monoisotopic (exact) mass is 441 g/mol. The van der Waals surface area contributed by atoms with Crippen LogP contribution in [0.3, 0.4) is 0 Å². The van der Waals surface area contributed by atoms with E-state index in [0.717, 1.165) is 17.7 Å². The van der Waals surface area contributed by atoms with Gasteiger partial charge in [0.2, 0.25) is 10.0 Å².